The summed E-state index contributed by atoms with van der Waals surface area (Å²) < 4.78 is 20.4. The van der Waals surface area contributed by atoms with Gasteiger partial charge in [-0.15, -0.1) is 0 Å². The molecular weight excluding hydrogens is 734 g/mol. The molecule has 0 heterocycles. The molecule has 222 valence electrons. The first kappa shape index (κ1) is 30.6. The molecule has 0 aliphatic heterocycles. The number of amides is 2. The Bertz CT molecular complexity index is 1100. The minimum absolute atomic E-state index is 0.0659. The zero-order valence-corrected chi connectivity index (χ0v) is 28.6. The average molecular weight is 779 g/mol. The van der Waals surface area contributed by atoms with Gasteiger partial charge in [-0.3, -0.25) is 12.7 Å². The van der Waals surface area contributed by atoms with Crippen LogP contribution in [0.25, 0.3) is 0 Å². The van der Waals surface area contributed by atoms with E-state index in [9.17, 15) is 9.59 Å². The lowest BCUT2D eigenvalue weighted by atomic mass is 9.69. The van der Waals surface area contributed by atoms with Gasteiger partial charge >= 0.3 is 0 Å². The molecule has 1 aromatic rings. The first-order valence-corrected chi connectivity index (χ1v) is 16.9. The van der Waals surface area contributed by atoms with E-state index >= 15 is 0 Å². The second-order valence-corrected chi connectivity index (χ2v) is 15.6. The number of nitrogens with zero attached hydrogens (tertiary/aromatic N) is 1. The van der Waals surface area contributed by atoms with Gasteiger partial charge in [0.05, 0.1) is 63.8 Å². The number of fused-ring (bicyclic) bond motifs is 2. The summed E-state index contributed by atoms with van der Waals surface area (Å²) in [5.41, 5.74) is 0.927. The smallest absolute Gasteiger partial charge is 0.266 e. The Labute approximate surface area is 266 Å². The summed E-state index contributed by atoms with van der Waals surface area (Å²) in [6.07, 6.45) is 11.0. The number of rotatable bonds is 10. The molecule has 5 rings (SSSR count). The van der Waals surface area contributed by atoms with Crippen molar-refractivity contribution in [1.82, 2.24) is 8.43 Å². The first-order valence-electron chi connectivity index (χ1n) is 14.9. The molecule has 0 radical (unpaired) electrons. The van der Waals surface area contributed by atoms with Crippen molar-refractivity contribution < 1.29 is 23.8 Å². The Morgan fingerprint density at radius 3 is 2.35 bits per heavy atom. The van der Waals surface area contributed by atoms with Crippen molar-refractivity contribution in [1.29, 1.82) is 0 Å². The fourth-order valence-electron chi connectivity index (χ4n) is 7.59. The van der Waals surface area contributed by atoms with Crippen LogP contribution in [0, 0.1) is 32.2 Å². The zero-order chi connectivity index (χ0) is 28.7. The van der Waals surface area contributed by atoms with Gasteiger partial charge in [-0.1, -0.05) is 20.3 Å². The van der Waals surface area contributed by atoms with Gasteiger partial charge in [-0.25, -0.2) is 0 Å². The zero-order valence-electron chi connectivity index (χ0n) is 24.3. The standard InChI is InChI=1S/C31H44I2N2O5/c1-30(2)12-8-21(9-13-30)40-25-15-22(24(39-4)16-23(25)32)29(37)35(33)27-20-7-6-19(14-20)26(27)28(36)34-17-31(18-38-3)10-5-11-31/h15-16,19-21,26-27H,5-14,17-18H2,1-4H3,(H,34,36)/t19-,20-,26+,27+/m0/s1. The van der Waals surface area contributed by atoms with E-state index in [-0.39, 0.29) is 35.3 Å². The van der Waals surface area contributed by atoms with Crippen LogP contribution in [0.2, 0.25) is 0 Å². The summed E-state index contributed by atoms with van der Waals surface area (Å²) in [5.74, 6) is 1.74. The predicted molar refractivity (Wildman–Crippen MR) is 172 cm³/mol. The number of carbonyl (C=O) groups is 2. The van der Waals surface area contributed by atoms with Crippen LogP contribution >= 0.6 is 45.5 Å². The fourth-order valence-corrected chi connectivity index (χ4v) is 9.21. The van der Waals surface area contributed by atoms with E-state index in [1.165, 1.54) is 6.42 Å². The third-order valence-corrected chi connectivity index (χ3v) is 12.1. The van der Waals surface area contributed by atoms with E-state index in [1.54, 1.807) is 17.3 Å². The molecule has 7 nitrogen and oxygen atoms in total. The van der Waals surface area contributed by atoms with Crippen LogP contribution in [-0.4, -0.2) is 54.4 Å². The van der Waals surface area contributed by atoms with Crippen molar-refractivity contribution in [3.05, 3.63) is 21.3 Å². The monoisotopic (exact) mass is 778 g/mol. The summed E-state index contributed by atoms with van der Waals surface area (Å²) in [6, 6.07) is 3.64. The number of ether oxygens (including phenoxy) is 3. The van der Waals surface area contributed by atoms with Gasteiger partial charge in [0.25, 0.3) is 5.91 Å². The summed E-state index contributed by atoms with van der Waals surface area (Å²) in [6.45, 7) is 5.97. The summed E-state index contributed by atoms with van der Waals surface area (Å²) in [7, 11) is 3.34. The van der Waals surface area contributed by atoms with E-state index in [0.717, 1.165) is 67.1 Å². The third kappa shape index (κ3) is 6.26. The predicted octanol–water partition coefficient (Wildman–Crippen LogP) is 6.79. The first-order chi connectivity index (χ1) is 19.1. The topological polar surface area (TPSA) is 77.1 Å². The Hall–Kier alpha value is -0.820. The lowest BCUT2D eigenvalue weighted by Gasteiger charge is -2.42. The van der Waals surface area contributed by atoms with E-state index in [0.29, 0.717) is 41.7 Å². The SMILES string of the molecule is COCC1(CNC(=O)[C@@H]2[C@H]3CC[C@@H](C3)[C@H]2N(I)C(=O)c2cc(OC3CCC(C)(C)CC3)c(I)cc2OC)CCC1. The molecule has 9 heteroatoms. The van der Waals surface area contributed by atoms with E-state index < -0.39 is 0 Å². The number of benzene rings is 1. The van der Waals surface area contributed by atoms with Gasteiger partial charge in [-0.05, 0) is 110 Å². The average Bonchev–Trinajstić information content (AvgIpc) is 3.53. The van der Waals surface area contributed by atoms with Gasteiger partial charge in [-0.2, -0.15) is 0 Å². The third-order valence-electron chi connectivity index (χ3n) is 10.2. The second-order valence-electron chi connectivity index (χ2n) is 13.4. The number of hydrogen-bond acceptors (Lipinski definition) is 5. The highest BCUT2D eigenvalue weighted by Gasteiger charge is 2.54. The lowest BCUT2D eigenvalue weighted by molar-refractivity contribution is -0.129. The number of nitrogens with one attached hydrogen (secondary N) is 1. The molecule has 2 amide bonds. The Balaban J connectivity index is 1.32. The van der Waals surface area contributed by atoms with Crippen LogP contribution in [0.1, 0.15) is 88.4 Å². The molecule has 4 fully saturated rings. The summed E-state index contributed by atoms with van der Waals surface area (Å²) in [5, 5.41) is 3.29. The molecule has 0 aromatic heterocycles. The van der Waals surface area contributed by atoms with Crippen LogP contribution in [0.15, 0.2) is 12.1 Å². The number of carbonyl (C=O) groups excluding carboxylic acids is 2. The van der Waals surface area contributed by atoms with Crippen LogP contribution in [0.5, 0.6) is 11.5 Å². The second kappa shape index (κ2) is 12.4. The van der Waals surface area contributed by atoms with Gasteiger partial charge in [0.15, 0.2) is 0 Å². The molecule has 4 atom stereocenters. The van der Waals surface area contributed by atoms with Gasteiger partial charge in [0, 0.05) is 19.1 Å². The summed E-state index contributed by atoms with van der Waals surface area (Å²) >= 11 is 4.43. The Morgan fingerprint density at radius 1 is 1.02 bits per heavy atom. The normalized spacial score (nSPS) is 28.6. The van der Waals surface area contributed by atoms with Crippen molar-refractivity contribution >= 4 is 57.3 Å². The molecule has 2 bridgehead atoms. The molecule has 1 aromatic carbocycles. The lowest BCUT2D eigenvalue weighted by Crippen LogP contribution is -2.51. The molecule has 4 saturated carbocycles. The van der Waals surface area contributed by atoms with Gasteiger partial charge in [0.2, 0.25) is 5.91 Å². The number of halogens is 2. The Morgan fingerprint density at radius 2 is 1.73 bits per heavy atom. The molecule has 40 heavy (non-hydrogen) atoms. The van der Waals surface area contributed by atoms with E-state index in [1.807, 2.05) is 12.1 Å². The van der Waals surface area contributed by atoms with Crippen molar-refractivity contribution in [3.8, 4) is 11.5 Å². The van der Waals surface area contributed by atoms with Crippen LogP contribution in [-0.2, 0) is 9.53 Å². The van der Waals surface area contributed by atoms with Crippen molar-refractivity contribution in [2.45, 2.75) is 90.2 Å². The highest BCUT2D eigenvalue weighted by molar-refractivity contribution is 14.1. The van der Waals surface area contributed by atoms with Gasteiger partial charge < -0.3 is 19.5 Å². The maximum absolute atomic E-state index is 14.1. The van der Waals surface area contributed by atoms with Crippen LogP contribution in [0.3, 0.4) is 0 Å². The fraction of sp³-hybridized carbons (Fsp3) is 0.742. The summed E-state index contributed by atoms with van der Waals surface area (Å²) in [4.78, 5) is 27.7. The highest BCUT2D eigenvalue weighted by Crippen LogP contribution is 2.52. The van der Waals surface area contributed by atoms with Crippen LogP contribution < -0.4 is 14.8 Å². The van der Waals surface area contributed by atoms with Gasteiger partial charge in [0.1, 0.15) is 11.5 Å². The quantitative estimate of drug-likeness (QED) is 0.209. The maximum Gasteiger partial charge on any atom is 0.266 e. The number of methoxy groups -OCH3 is 2. The molecule has 0 spiro atoms. The largest absolute Gasteiger partial charge is 0.496 e. The van der Waals surface area contributed by atoms with E-state index in [4.69, 9.17) is 14.2 Å². The molecular formula is C31H44I2N2O5. The molecule has 1 N–H and O–H groups in total. The van der Waals surface area contributed by atoms with Crippen molar-refractivity contribution in [2.24, 2.45) is 28.6 Å². The van der Waals surface area contributed by atoms with E-state index in [2.05, 4.69) is 64.6 Å². The maximum atomic E-state index is 14.1. The molecule has 0 unspecified atom stereocenters. The molecule has 4 aliphatic rings. The molecule has 4 aliphatic carbocycles. The number of hydrogen-bond donors (Lipinski definition) is 1. The minimum atomic E-state index is -0.185. The molecule has 0 saturated heterocycles. The van der Waals surface area contributed by atoms with Crippen molar-refractivity contribution in [3.63, 3.8) is 0 Å². The van der Waals surface area contributed by atoms with Crippen LogP contribution in [0.4, 0.5) is 0 Å². The Kier molecular flexibility index (Phi) is 9.51. The minimum Gasteiger partial charge on any atom is -0.496 e. The van der Waals surface area contributed by atoms with Crippen molar-refractivity contribution in [2.75, 3.05) is 27.4 Å². The highest BCUT2D eigenvalue weighted by atomic mass is 127.